The molecule has 0 spiro atoms. The molecule has 2 aromatic heterocycles. The van der Waals surface area contributed by atoms with Crippen LogP contribution in [-0.2, 0) is 10.0 Å². The highest BCUT2D eigenvalue weighted by atomic mass is 32.2. The molecule has 0 aliphatic rings. The van der Waals surface area contributed by atoms with Crippen molar-refractivity contribution in [3.8, 4) is 17.0 Å². The lowest BCUT2D eigenvalue weighted by Crippen LogP contribution is -2.14. The van der Waals surface area contributed by atoms with E-state index < -0.39 is 15.8 Å². The van der Waals surface area contributed by atoms with Gasteiger partial charge in [0, 0.05) is 24.2 Å². The number of hydrogen-bond donors (Lipinski definition) is 1. The molecule has 2 heterocycles. The lowest BCUT2D eigenvalue weighted by atomic mass is 10.1. The second-order valence-electron chi connectivity index (χ2n) is 5.93. The Morgan fingerprint density at radius 3 is 2.75 bits per heavy atom. The van der Waals surface area contributed by atoms with Crippen LogP contribution in [0.4, 0.5) is 10.1 Å². The van der Waals surface area contributed by atoms with Crippen LogP contribution >= 0.6 is 0 Å². The second-order valence-corrected chi connectivity index (χ2v) is 7.61. The van der Waals surface area contributed by atoms with Gasteiger partial charge in [-0.2, -0.15) is 0 Å². The number of fused-ring (bicyclic) bond motifs is 1. The Kier molecular flexibility index (Phi) is 4.44. The summed E-state index contributed by atoms with van der Waals surface area (Å²) in [5.74, 6) is 0.210. The van der Waals surface area contributed by atoms with Crippen molar-refractivity contribution in [2.45, 2.75) is 4.90 Å². The van der Waals surface area contributed by atoms with Gasteiger partial charge < -0.3 is 4.74 Å². The molecule has 1 N–H and O–H groups in total. The Bertz CT molecular complexity index is 1240. The Morgan fingerprint density at radius 2 is 2.00 bits per heavy atom. The number of benzene rings is 2. The minimum atomic E-state index is -4.00. The van der Waals surface area contributed by atoms with E-state index in [2.05, 4.69) is 14.7 Å². The monoisotopic (exact) mass is 398 g/mol. The van der Waals surface area contributed by atoms with Gasteiger partial charge in [0.15, 0.2) is 0 Å². The molecule has 4 aromatic rings. The van der Waals surface area contributed by atoms with E-state index in [-0.39, 0.29) is 10.6 Å². The fourth-order valence-electron chi connectivity index (χ4n) is 2.75. The maximum atomic E-state index is 13.4. The molecule has 0 atom stereocenters. The molecule has 4 rings (SSSR count). The molecule has 28 heavy (non-hydrogen) atoms. The highest BCUT2D eigenvalue weighted by molar-refractivity contribution is 7.92. The van der Waals surface area contributed by atoms with Gasteiger partial charge in [0.05, 0.1) is 23.4 Å². The summed E-state index contributed by atoms with van der Waals surface area (Å²) < 4.78 is 48.2. The van der Waals surface area contributed by atoms with Gasteiger partial charge in [-0.15, -0.1) is 0 Å². The summed E-state index contributed by atoms with van der Waals surface area (Å²) in [7, 11) is -2.57. The summed E-state index contributed by atoms with van der Waals surface area (Å²) in [5.41, 5.74) is 1.50. The standard InChI is InChI=1S/C19H15FN4O3S/c1-27-18-7-6-13(17-12-24-9-3-8-21-19(24)22-17)10-16(18)23-28(25,26)15-5-2-4-14(20)11-15/h2-12,23H,1H3. The Hall–Kier alpha value is -3.46. The molecule has 0 aliphatic heterocycles. The first-order valence-electron chi connectivity index (χ1n) is 8.23. The summed E-state index contributed by atoms with van der Waals surface area (Å²) in [6.45, 7) is 0. The van der Waals surface area contributed by atoms with E-state index in [1.54, 1.807) is 41.1 Å². The molecule has 0 saturated heterocycles. The van der Waals surface area contributed by atoms with E-state index in [9.17, 15) is 12.8 Å². The van der Waals surface area contributed by atoms with E-state index in [0.717, 1.165) is 6.07 Å². The van der Waals surface area contributed by atoms with Crippen LogP contribution in [0.1, 0.15) is 0 Å². The number of halogens is 1. The van der Waals surface area contributed by atoms with E-state index in [1.165, 1.54) is 25.3 Å². The first-order valence-corrected chi connectivity index (χ1v) is 9.71. The molecule has 2 aromatic carbocycles. The zero-order valence-corrected chi connectivity index (χ0v) is 15.5. The highest BCUT2D eigenvalue weighted by Gasteiger charge is 2.18. The summed E-state index contributed by atoms with van der Waals surface area (Å²) in [6, 6.07) is 11.6. The molecule has 0 amide bonds. The van der Waals surface area contributed by atoms with Crippen molar-refractivity contribution in [3.63, 3.8) is 0 Å². The van der Waals surface area contributed by atoms with Crippen LogP contribution in [0.2, 0.25) is 0 Å². The average Bonchev–Trinajstić information content (AvgIpc) is 3.12. The fraction of sp³-hybridized carbons (Fsp3) is 0.0526. The third-order valence-electron chi connectivity index (χ3n) is 4.08. The number of sulfonamides is 1. The van der Waals surface area contributed by atoms with Gasteiger partial charge in [-0.3, -0.25) is 9.12 Å². The van der Waals surface area contributed by atoms with Gasteiger partial charge in [-0.1, -0.05) is 6.07 Å². The highest BCUT2D eigenvalue weighted by Crippen LogP contribution is 2.32. The molecule has 0 fully saturated rings. The number of imidazole rings is 1. The Labute approximate surface area is 160 Å². The number of ether oxygens (including phenoxy) is 1. The summed E-state index contributed by atoms with van der Waals surface area (Å²) >= 11 is 0. The van der Waals surface area contributed by atoms with Crippen LogP contribution in [0.3, 0.4) is 0 Å². The number of rotatable bonds is 5. The maximum Gasteiger partial charge on any atom is 0.262 e. The molecule has 0 radical (unpaired) electrons. The second kappa shape index (κ2) is 6.93. The van der Waals surface area contributed by atoms with Crippen LogP contribution in [0, 0.1) is 5.82 Å². The van der Waals surface area contributed by atoms with Crippen molar-refractivity contribution < 1.29 is 17.5 Å². The number of nitrogens with zero attached hydrogens (tertiary/aromatic N) is 3. The third kappa shape index (κ3) is 3.39. The average molecular weight is 398 g/mol. The smallest absolute Gasteiger partial charge is 0.262 e. The lowest BCUT2D eigenvalue weighted by Gasteiger charge is -2.13. The Morgan fingerprint density at radius 1 is 1.14 bits per heavy atom. The predicted octanol–water partition coefficient (Wildman–Crippen LogP) is 3.34. The lowest BCUT2D eigenvalue weighted by molar-refractivity contribution is 0.417. The van der Waals surface area contributed by atoms with Crippen molar-refractivity contribution in [1.29, 1.82) is 0 Å². The molecule has 0 unspecified atom stereocenters. The van der Waals surface area contributed by atoms with E-state index in [0.29, 0.717) is 22.8 Å². The van der Waals surface area contributed by atoms with Crippen LogP contribution < -0.4 is 9.46 Å². The van der Waals surface area contributed by atoms with Crippen LogP contribution in [0.25, 0.3) is 17.0 Å². The van der Waals surface area contributed by atoms with E-state index >= 15 is 0 Å². The van der Waals surface area contributed by atoms with Gasteiger partial charge in [-0.05, 0) is 42.5 Å². The molecule has 0 aliphatic carbocycles. The van der Waals surface area contributed by atoms with Gasteiger partial charge in [-0.25, -0.2) is 22.8 Å². The molecule has 142 valence electrons. The van der Waals surface area contributed by atoms with Crippen molar-refractivity contribution >= 4 is 21.5 Å². The normalized spacial score (nSPS) is 11.5. The van der Waals surface area contributed by atoms with Gasteiger partial charge in [0.2, 0.25) is 5.78 Å². The third-order valence-corrected chi connectivity index (χ3v) is 5.44. The molecule has 0 bridgehead atoms. The van der Waals surface area contributed by atoms with Crippen molar-refractivity contribution in [2.24, 2.45) is 0 Å². The number of aromatic nitrogens is 3. The summed E-state index contributed by atoms with van der Waals surface area (Å²) in [4.78, 5) is 8.42. The number of nitrogens with one attached hydrogen (secondary N) is 1. The van der Waals surface area contributed by atoms with Crippen LogP contribution in [0.5, 0.6) is 5.75 Å². The zero-order valence-electron chi connectivity index (χ0n) is 14.7. The topological polar surface area (TPSA) is 85.6 Å². The van der Waals surface area contributed by atoms with Crippen LogP contribution in [-0.4, -0.2) is 29.9 Å². The number of methoxy groups -OCH3 is 1. The van der Waals surface area contributed by atoms with Crippen molar-refractivity contribution in [1.82, 2.24) is 14.4 Å². The fourth-order valence-corrected chi connectivity index (χ4v) is 3.85. The molecular formula is C19H15FN4O3S. The van der Waals surface area contributed by atoms with Crippen LogP contribution in [0.15, 0.2) is 72.0 Å². The van der Waals surface area contributed by atoms with Gasteiger partial charge in [0.25, 0.3) is 10.0 Å². The van der Waals surface area contributed by atoms with Gasteiger partial charge in [0.1, 0.15) is 11.6 Å². The Balaban J connectivity index is 1.75. The van der Waals surface area contributed by atoms with Crippen molar-refractivity contribution in [2.75, 3.05) is 11.8 Å². The largest absolute Gasteiger partial charge is 0.495 e. The maximum absolute atomic E-state index is 13.4. The zero-order chi connectivity index (χ0) is 19.7. The quantitative estimate of drug-likeness (QED) is 0.557. The SMILES string of the molecule is COc1ccc(-c2cn3cccnc3n2)cc1NS(=O)(=O)c1cccc(F)c1. The van der Waals surface area contributed by atoms with E-state index in [1.807, 2.05) is 6.20 Å². The molecule has 0 saturated carbocycles. The molecular weight excluding hydrogens is 383 g/mol. The summed E-state index contributed by atoms with van der Waals surface area (Å²) in [6.07, 6.45) is 5.24. The first-order chi connectivity index (χ1) is 13.5. The minimum Gasteiger partial charge on any atom is -0.495 e. The minimum absolute atomic E-state index is 0.183. The summed E-state index contributed by atoms with van der Waals surface area (Å²) in [5, 5.41) is 0. The van der Waals surface area contributed by atoms with E-state index in [4.69, 9.17) is 4.74 Å². The number of anilines is 1. The first kappa shape index (κ1) is 17.9. The number of hydrogen-bond acceptors (Lipinski definition) is 5. The van der Waals surface area contributed by atoms with Gasteiger partial charge >= 0.3 is 0 Å². The predicted molar refractivity (Wildman–Crippen MR) is 102 cm³/mol. The van der Waals surface area contributed by atoms with Crippen molar-refractivity contribution in [3.05, 3.63) is 72.9 Å². The molecule has 7 nitrogen and oxygen atoms in total. The molecule has 9 heteroatoms.